The summed E-state index contributed by atoms with van der Waals surface area (Å²) in [6.07, 6.45) is 0. The first-order valence-corrected chi connectivity index (χ1v) is 11.6. The number of rotatable bonds is 4. The van der Waals surface area contributed by atoms with E-state index >= 15 is 0 Å². The number of sulfonamides is 1. The molecule has 152 valence electrons. The van der Waals surface area contributed by atoms with E-state index in [9.17, 15) is 17.4 Å². The molecule has 1 atom stereocenters. The second-order valence-electron chi connectivity index (χ2n) is 7.85. The van der Waals surface area contributed by atoms with E-state index in [-0.39, 0.29) is 16.3 Å². The van der Waals surface area contributed by atoms with E-state index in [1.807, 2.05) is 20.8 Å². The summed E-state index contributed by atoms with van der Waals surface area (Å²) in [5, 5.41) is 7.43. The topological polar surface area (TPSA) is 101 Å². The van der Waals surface area contributed by atoms with Crippen molar-refractivity contribution in [3.8, 4) is 0 Å². The number of carbonyl (C=O) groups is 1. The van der Waals surface area contributed by atoms with Crippen LogP contribution in [-0.2, 0) is 37.9 Å². The smallest absolute Gasteiger partial charge is 0.256 e. The Morgan fingerprint density at radius 2 is 1.79 bits per heavy atom. The van der Waals surface area contributed by atoms with Crippen molar-refractivity contribution in [2.75, 3.05) is 19.4 Å². The fourth-order valence-corrected chi connectivity index (χ4v) is 5.08. The van der Waals surface area contributed by atoms with Crippen LogP contribution in [0.2, 0.25) is 0 Å². The molecule has 0 fully saturated rings. The molecule has 1 aromatic heterocycles. The van der Waals surface area contributed by atoms with Crippen LogP contribution in [0, 0.1) is 0 Å². The van der Waals surface area contributed by atoms with Gasteiger partial charge in [0.1, 0.15) is 5.82 Å². The van der Waals surface area contributed by atoms with Gasteiger partial charge in [-0.3, -0.25) is 9.00 Å². The predicted molar refractivity (Wildman–Crippen MR) is 108 cm³/mol. The van der Waals surface area contributed by atoms with E-state index in [4.69, 9.17) is 0 Å². The Balaban J connectivity index is 1.91. The Kier molecular flexibility index (Phi) is 5.24. The summed E-state index contributed by atoms with van der Waals surface area (Å²) in [5.41, 5.74) is 1.51. The molecule has 0 unspecified atom stereocenters. The molecule has 10 heteroatoms. The maximum absolute atomic E-state index is 12.8. The zero-order chi connectivity index (χ0) is 20.9. The second kappa shape index (κ2) is 7.09. The van der Waals surface area contributed by atoms with Gasteiger partial charge in [0.05, 0.1) is 27.6 Å². The maximum atomic E-state index is 12.8. The van der Waals surface area contributed by atoms with Crippen molar-refractivity contribution in [3.63, 3.8) is 0 Å². The quantitative estimate of drug-likeness (QED) is 0.808. The number of anilines is 1. The van der Waals surface area contributed by atoms with Crippen LogP contribution in [0.15, 0.2) is 29.2 Å². The highest BCUT2D eigenvalue weighted by atomic mass is 32.2. The van der Waals surface area contributed by atoms with E-state index in [1.165, 1.54) is 38.4 Å². The van der Waals surface area contributed by atoms with Crippen molar-refractivity contribution >= 4 is 32.5 Å². The normalized spacial score (nSPS) is 17.0. The number of carbonyl (C=O) groups excluding carboxylic acids is 1. The van der Waals surface area contributed by atoms with Crippen molar-refractivity contribution in [2.45, 2.75) is 42.7 Å². The molecule has 0 spiro atoms. The van der Waals surface area contributed by atoms with Gasteiger partial charge in [0.15, 0.2) is 0 Å². The maximum Gasteiger partial charge on any atom is 0.256 e. The van der Waals surface area contributed by atoms with Gasteiger partial charge >= 0.3 is 0 Å². The van der Waals surface area contributed by atoms with Crippen molar-refractivity contribution in [1.29, 1.82) is 0 Å². The largest absolute Gasteiger partial charge is 0.306 e. The van der Waals surface area contributed by atoms with E-state index < -0.39 is 20.8 Å². The average Bonchev–Trinajstić information content (AvgIpc) is 3.11. The molecule has 0 saturated carbocycles. The number of hydrogen-bond donors (Lipinski definition) is 1. The lowest BCUT2D eigenvalue weighted by Crippen LogP contribution is -2.27. The van der Waals surface area contributed by atoms with Gasteiger partial charge in [-0.15, -0.1) is 0 Å². The number of nitrogens with zero attached hydrogens (tertiary/aromatic N) is 3. The van der Waals surface area contributed by atoms with Crippen LogP contribution in [0.3, 0.4) is 0 Å². The fraction of sp³-hybridized carbons (Fsp3) is 0.444. The minimum Gasteiger partial charge on any atom is -0.306 e. The first-order chi connectivity index (χ1) is 12.9. The highest BCUT2D eigenvalue weighted by molar-refractivity contribution is 7.89. The first kappa shape index (κ1) is 20.7. The number of benzene rings is 1. The van der Waals surface area contributed by atoms with Crippen LogP contribution in [-0.4, -0.2) is 46.7 Å². The van der Waals surface area contributed by atoms with Gasteiger partial charge < -0.3 is 5.32 Å². The van der Waals surface area contributed by atoms with Crippen molar-refractivity contribution in [1.82, 2.24) is 14.1 Å². The van der Waals surface area contributed by atoms with Gasteiger partial charge in [0.2, 0.25) is 10.0 Å². The number of hydrogen-bond acceptors (Lipinski definition) is 5. The molecule has 3 rings (SSSR count). The summed E-state index contributed by atoms with van der Waals surface area (Å²) in [7, 11) is -1.66. The van der Waals surface area contributed by atoms with Crippen LogP contribution in [0.1, 0.15) is 42.4 Å². The van der Waals surface area contributed by atoms with E-state index in [2.05, 4.69) is 10.4 Å². The zero-order valence-electron chi connectivity index (χ0n) is 16.5. The molecule has 1 aromatic carbocycles. The van der Waals surface area contributed by atoms with Crippen molar-refractivity contribution in [3.05, 3.63) is 41.1 Å². The average molecular weight is 425 g/mol. The summed E-state index contributed by atoms with van der Waals surface area (Å²) in [6, 6.07) is 5.76. The molecule has 0 saturated heterocycles. The molecular weight excluding hydrogens is 400 g/mol. The Morgan fingerprint density at radius 1 is 1.18 bits per heavy atom. The Morgan fingerprint density at radius 3 is 2.32 bits per heavy atom. The molecule has 28 heavy (non-hydrogen) atoms. The van der Waals surface area contributed by atoms with Gasteiger partial charge in [-0.1, -0.05) is 0 Å². The molecule has 2 heterocycles. The Labute approximate surface area is 167 Å². The Bertz CT molecular complexity index is 1050. The zero-order valence-corrected chi connectivity index (χ0v) is 18.1. The second-order valence-corrected chi connectivity index (χ2v) is 11.5. The van der Waals surface area contributed by atoms with Gasteiger partial charge in [-0.05, 0) is 45.0 Å². The molecule has 2 aromatic rings. The van der Waals surface area contributed by atoms with Crippen LogP contribution in [0.25, 0.3) is 0 Å². The molecule has 0 radical (unpaired) electrons. The van der Waals surface area contributed by atoms with Gasteiger partial charge in [0, 0.05) is 36.0 Å². The van der Waals surface area contributed by atoms with Crippen LogP contribution < -0.4 is 5.32 Å². The lowest BCUT2D eigenvalue weighted by atomic mass is 10.1. The minimum absolute atomic E-state index is 0.116. The number of aromatic nitrogens is 2. The predicted octanol–water partition coefficient (Wildman–Crippen LogP) is 1.90. The molecule has 0 aliphatic carbocycles. The van der Waals surface area contributed by atoms with E-state index in [0.29, 0.717) is 22.9 Å². The third-order valence-electron chi connectivity index (χ3n) is 4.43. The highest BCUT2D eigenvalue weighted by Crippen LogP contribution is 2.33. The molecule has 1 amide bonds. The number of amides is 1. The standard InChI is InChI=1S/C18H24N4O4S2/c1-18(2,3)22-16(14-10-27(24)11-15(14)20-22)19-17(23)12-6-8-13(9-7-12)28(25,26)21(4)5/h6-9H,10-11H2,1-5H3,(H,19,23)/t27-/m0/s1. The molecule has 1 aliphatic rings. The van der Waals surface area contributed by atoms with Crippen LogP contribution in [0.4, 0.5) is 5.82 Å². The third kappa shape index (κ3) is 3.76. The third-order valence-corrected chi connectivity index (χ3v) is 7.47. The monoisotopic (exact) mass is 424 g/mol. The molecule has 1 N–H and O–H groups in total. The lowest BCUT2D eigenvalue weighted by Gasteiger charge is -2.23. The van der Waals surface area contributed by atoms with Crippen molar-refractivity contribution < 1.29 is 17.4 Å². The molecule has 8 nitrogen and oxygen atoms in total. The summed E-state index contributed by atoms with van der Waals surface area (Å²) >= 11 is 0. The lowest BCUT2D eigenvalue weighted by molar-refractivity contribution is 0.102. The van der Waals surface area contributed by atoms with Crippen LogP contribution >= 0.6 is 0 Å². The highest BCUT2D eigenvalue weighted by Gasteiger charge is 2.31. The summed E-state index contributed by atoms with van der Waals surface area (Å²) in [6.45, 7) is 5.92. The number of nitrogens with one attached hydrogen (secondary N) is 1. The summed E-state index contributed by atoms with van der Waals surface area (Å²) < 4.78 is 39.1. The Hall–Kier alpha value is -2.04. The molecular formula is C18H24N4O4S2. The molecule has 0 bridgehead atoms. The van der Waals surface area contributed by atoms with Gasteiger partial charge in [-0.2, -0.15) is 5.10 Å². The van der Waals surface area contributed by atoms with Crippen LogP contribution in [0.5, 0.6) is 0 Å². The van der Waals surface area contributed by atoms with Gasteiger partial charge in [0.25, 0.3) is 5.91 Å². The first-order valence-electron chi connectivity index (χ1n) is 8.71. The van der Waals surface area contributed by atoms with E-state index in [1.54, 1.807) is 4.68 Å². The van der Waals surface area contributed by atoms with Crippen molar-refractivity contribution in [2.24, 2.45) is 0 Å². The minimum atomic E-state index is -3.56. The fourth-order valence-electron chi connectivity index (χ4n) is 2.91. The summed E-state index contributed by atoms with van der Waals surface area (Å²) in [4.78, 5) is 12.9. The molecule has 1 aliphatic heterocycles. The number of fused-ring (bicyclic) bond motifs is 1. The van der Waals surface area contributed by atoms with E-state index in [0.717, 1.165) is 15.6 Å². The SMILES string of the molecule is CN(C)S(=O)(=O)c1ccc(C(=O)Nc2c3c(nn2C(C)(C)C)C[S@@](=O)C3)cc1. The van der Waals surface area contributed by atoms with Gasteiger partial charge in [-0.25, -0.2) is 17.4 Å². The summed E-state index contributed by atoms with van der Waals surface area (Å²) in [5.74, 6) is 0.919.